The summed E-state index contributed by atoms with van der Waals surface area (Å²) in [7, 11) is 0. The van der Waals surface area contributed by atoms with Gasteiger partial charge in [-0.25, -0.2) is 4.98 Å². The summed E-state index contributed by atoms with van der Waals surface area (Å²) in [5, 5.41) is 0.509. The molecular formula is C17H23ClN2O. The molecule has 3 aliphatic carbocycles. The predicted molar refractivity (Wildman–Crippen MR) is 82.7 cm³/mol. The molecule has 1 heterocycles. The van der Waals surface area contributed by atoms with Crippen molar-refractivity contribution in [3.05, 3.63) is 17.0 Å². The summed E-state index contributed by atoms with van der Waals surface area (Å²) < 4.78 is 6.31. The summed E-state index contributed by atoms with van der Waals surface area (Å²) in [6.07, 6.45) is 6.34. The quantitative estimate of drug-likeness (QED) is 0.765. The van der Waals surface area contributed by atoms with Gasteiger partial charge in [0, 0.05) is 17.4 Å². The zero-order valence-electron chi connectivity index (χ0n) is 13.0. The average Bonchev–Trinajstić information content (AvgIpc) is 3.19. The summed E-state index contributed by atoms with van der Waals surface area (Å²) >= 11 is 6.15. The van der Waals surface area contributed by atoms with E-state index in [2.05, 4.69) is 30.7 Å². The molecule has 3 fully saturated rings. The van der Waals surface area contributed by atoms with Gasteiger partial charge in [-0.3, -0.25) is 0 Å². The number of hydrogen-bond donors (Lipinski definition) is 0. The Morgan fingerprint density at radius 3 is 2.52 bits per heavy atom. The Kier molecular flexibility index (Phi) is 2.86. The Morgan fingerprint density at radius 2 is 1.95 bits per heavy atom. The Hall–Kier alpha value is -0.830. The molecular weight excluding hydrogens is 284 g/mol. The summed E-state index contributed by atoms with van der Waals surface area (Å²) in [6.45, 7) is 7.18. The van der Waals surface area contributed by atoms with Crippen molar-refractivity contribution in [3.8, 4) is 5.88 Å². The van der Waals surface area contributed by atoms with E-state index in [0.29, 0.717) is 22.4 Å². The summed E-state index contributed by atoms with van der Waals surface area (Å²) in [4.78, 5) is 8.94. The molecule has 3 aliphatic rings. The largest absolute Gasteiger partial charge is 0.474 e. The number of nitrogens with zero attached hydrogens (tertiary/aromatic N) is 2. The van der Waals surface area contributed by atoms with Crippen molar-refractivity contribution < 1.29 is 4.74 Å². The van der Waals surface area contributed by atoms with E-state index in [0.717, 1.165) is 18.2 Å². The van der Waals surface area contributed by atoms with Crippen LogP contribution in [-0.2, 0) is 0 Å². The van der Waals surface area contributed by atoms with Crippen molar-refractivity contribution in [2.75, 3.05) is 0 Å². The fourth-order valence-corrected chi connectivity index (χ4v) is 4.63. The molecule has 4 heteroatoms. The number of rotatable bonds is 3. The van der Waals surface area contributed by atoms with Gasteiger partial charge in [0.15, 0.2) is 0 Å². The molecule has 3 nitrogen and oxygen atoms in total. The van der Waals surface area contributed by atoms with Crippen LogP contribution in [0.25, 0.3) is 0 Å². The molecule has 0 spiro atoms. The van der Waals surface area contributed by atoms with Gasteiger partial charge < -0.3 is 4.74 Å². The third kappa shape index (κ3) is 2.00. The van der Waals surface area contributed by atoms with Crippen molar-refractivity contribution in [3.63, 3.8) is 0 Å². The molecule has 0 amide bonds. The summed E-state index contributed by atoms with van der Waals surface area (Å²) in [5.74, 6) is 2.81. The first-order valence-electron chi connectivity index (χ1n) is 8.11. The van der Waals surface area contributed by atoms with Crippen molar-refractivity contribution in [2.45, 2.75) is 64.9 Å². The average molecular weight is 307 g/mol. The van der Waals surface area contributed by atoms with Gasteiger partial charge in [0.2, 0.25) is 5.88 Å². The molecule has 1 aromatic rings. The fourth-order valence-electron chi connectivity index (χ4n) is 4.45. The first-order valence-corrected chi connectivity index (χ1v) is 8.49. The lowest BCUT2D eigenvalue weighted by molar-refractivity contribution is 0.0271. The lowest BCUT2D eigenvalue weighted by Crippen LogP contribution is -2.39. The first-order chi connectivity index (χ1) is 9.90. The molecule has 114 valence electrons. The van der Waals surface area contributed by atoms with Crippen LogP contribution in [0.1, 0.15) is 64.6 Å². The zero-order chi connectivity index (χ0) is 14.8. The van der Waals surface area contributed by atoms with Gasteiger partial charge in [0.05, 0.1) is 0 Å². The van der Waals surface area contributed by atoms with Crippen LogP contribution in [0.3, 0.4) is 0 Å². The Labute approximate surface area is 131 Å². The van der Waals surface area contributed by atoms with E-state index in [1.54, 1.807) is 6.07 Å². The Morgan fingerprint density at radius 1 is 1.19 bits per heavy atom. The summed E-state index contributed by atoms with van der Waals surface area (Å²) in [5.41, 5.74) is 0.600. The van der Waals surface area contributed by atoms with Gasteiger partial charge in [0.25, 0.3) is 0 Å². The van der Waals surface area contributed by atoms with Crippen LogP contribution in [0, 0.1) is 16.7 Å². The van der Waals surface area contributed by atoms with E-state index < -0.39 is 0 Å². The number of halogens is 1. The maximum Gasteiger partial charge on any atom is 0.218 e. The number of aromatic nitrogens is 2. The third-order valence-corrected chi connectivity index (χ3v) is 6.80. The molecule has 3 atom stereocenters. The highest BCUT2D eigenvalue weighted by Gasteiger charge is 2.62. The van der Waals surface area contributed by atoms with Gasteiger partial charge in [-0.05, 0) is 43.4 Å². The molecule has 0 saturated heterocycles. The predicted octanol–water partition coefficient (Wildman–Crippen LogP) is 4.60. The van der Waals surface area contributed by atoms with E-state index in [1.165, 1.54) is 25.7 Å². The minimum atomic E-state index is 0.245. The van der Waals surface area contributed by atoms with Gasteiger partial charge in [0.1, 0.15) is 17.1 Å². The number of ether oxygens (including phenoxy) is 1. The minimum absolute atomic E-state index is 0.245. The fraction of sp³-hybridized carbons (Fsp3) is 0.765. The van der Waals surface area contributed by atoms with Crippen LogP contribution in [-0.4, -0.2) is 16.1 Å². The second-order valence-corrected chi connectivity index (χ2v) is 8.27. The smallest absolute Gasteiger partial charge is 0.218 e. The highest BCUT2D eigenvalue weighted by atomic mass is 35.5. The SMILES string of the molecule is CC1(C)C2CCC1(C)C(Oc1cc(Cl)nc(C3CC3)n1)C2. The standard InChI is InChI=1S/C17H23ClN2O/c1-16(2)11-6-7-17(16,3)12(8-11)21-14-9-13(18)19-15(20-14)10-4-5-10/h9-12H,4-8H2,1-3H3. The molecule has 0 N–H and O–H groups in total. The van der Waals surface area contributed by atoms with Gasteiger partial charge >= 0.3 is 0 Å². The van der Waals surface area contributed by atoms with Gasteiger partial charge in [-0.1, -0.05) is 32.4 Å². The lowest BCUT2D eigenvalue weighted by Gasteiger charge is -2.38. The highest BCUT2D eigenvalue weighted by molar-refractivity contribution is 6.29. The molecule has 1 aromatic heterocycles. The van der Waals surface area contributed by atoms with Crippen molar-refractivity contribution in [2.24, 2.45) is 16.7 Å². The summed E-state index contributed by atoms with van der Waals surface area (Å²) in [6, 6.07) is 1.77. The normalized spacial score (nSPS) is 37.0. The highest BCUT2D eigenvalue weighted by Crippen LogP contribution is 2.66. The zero-order valence-corrected chi connectivity index (χ0v) is 13.8. The molecule has 3 unspecified atom stereocenters. The molecule has 2 bridgehead atoms. The van der Waals surface area contributed by atoms with E-state index in [1.807, 2.05) is 0 Å². The Bertz CT molecular complexity index is 584. The van der Waals surface area contributed by atoms with Crippen LogP contribution in [0.4, 0.5) is 0 Å². The van der Waals surface area contributed by atoms with Crippen molar-refractivity contribution in [1.29, 1.82) is 0 Å². The number of fused-ring (bicyclic) bond motifs is 2. The monoisotopic (exact) mass is 306 g/mol. The second-order valence-electron chi connectivity index (χ2n) is 7.88. The first kappa shape index (κ1) is 13.8. The van der Waals surface area contributed by atoms with E-state index >= 15 is 0 Å². The van der Waals surface area contributed by atoms with E-state index in [-0.39, 0.29) is 11.5 Å². The maximum atomic E-state index is 6.31. The van der Waals surface area contributed by atoms with Crippen LogP contribution in [0.2, 0.25) is 5.15 Å². The van der Waals surface area contributed by atoms with Crippen LogP contribution in [0.5, 0.6) is 5.88 Å². The lowest BCUT2D eigenvalue weighted by atomic mass is 9.70. The molecule has 21 heavy (non-hydrogen) atoms. The van der Waals surface area contributed by atoms with Crippen LogP contribution in [0.15, 0.2) is 6.07 Å². The second kappa shape index (κ2) is 4.34. The van der Waals surface area contributed by atoms with Crippen LogP contribution < -0.4 is 4.74 Å². The van der Waals surface area contributed by atoms with E-state index in [4.69, 9.17) is 16.3 Å². The molecule has 0 radical (unpaired) electrons. The Balaban J connectivity index is 1.60. The van der Waals surface area contributed by atoms with Crippen LogP contribution >= 0.6 is 11.6 Å². The van der Waals surface area contributed by atoms with E-state index in [9.17, 15) is 0 Å². The molecule has 0 aliphatic heterocycles. The molecule has 0 aromatic carbocycles. The number of hydrogen-bond acceptors (Lipinski definition) is 3. The van der Waals surface area contributed by atoms with Crippen molar-refractivity contribution in [1.82, 2.24) is 9.97 Å². The topological polar surface area (TPSA) is 35.0 Å². The molecule has 3 saturated carbocycles. The minimum Gasteiger partial charge on any atom is -0.474 e. The van der Waals surface area contributed by atoms with Crippen molar-refractivity contribution >= 4 is 11.6 Å². The maximum absolute atomic E-state index is 6.31. The molecule has 4 rings (SSSR count). The van der Waals surface area contributed by atoms with Gasteiger partial charge in [-0.2, -0.15) is 4.98 Å². The van der Waals surface area contributed by atoms with Gasteiger partial charge in [-0.15, -0.1) is 0 Å². The third-order valence-electron chi connectivity index (χ3n) is 6.61.